The number of fused-ring (bicyclic) bond motifs is 2. The van der Waals surface area contributed by atoms with E-state index in [1.165, 1.54) is 21.2 Å². The molecule has 2 saturated heterocycles. The molecule has 3 N–H and O–H groups in total. The zero-order valence-electron chi connectivity index (χ0n) is 29.2. The van der Waals surface area contributed by atoms with Crippen molar-refractivity contribution in [3.63, 3.8) is 0 Å². The van der Waals surface area contributed by atoms with Crippen LogP contribution >= 0.6 is 11.3 Å². The maximum Gasteiger partial charge on any atom is 0.415 e. The highest BCUT2D eigenvalue weighted by atomic mass is 32.1. The Hall–Kier alpha value is -5.25. The average Bonchev–Trinajstić information content (AvgIpc) is 3.67. The smallest absolute Gasteiger partial charge is 0.410 e. The van der Waals surface area contributed by atoms with Gasteiger partial charge in [0.2, 0.25) is 11.8 Å². The molecule has 14 nitrogen and oxygen atoms in total. The van der Waals surface area contributed by atoms with Crippen LogP contribution in [0.1, 0.15) is 16.7 Å². The van der Waals surface area contributed by atoms with E-state index in [0.717, 1.165) is 26.9 Å². The van der Waals surface area contributed by atoms with Crippen LogP contribution in [-0.4, -0.2) is 125 Å². The van der Waals surface area contributed by atoms with Crippen LogP contribution in [0.15, 0.2) is 72.8 Å². The molecule has 2 aliphatic rings. The predicted molar refractivity (Wildman–Crippen MR) is 194 cm³/mol. The lowest BCUT2D eigenvalue weighted by atomic mass is 9.99. The van der Waals surface area contributed by atoms with Crippen molar-refractivity contribution < 1.29 is 23.9 Å². The van der Waals surface area contributed by atoms with Gasteiger partial charge in [-0.3, -0.25) is 14.6 Å². The van der Waals surface area contributed by atoms with Gasteiger partial charge < -0.3 is 35.4 Å². The molecule has 0 bridgehead atoms. The van der Waals surface area contributed by atoms with E-state index in [1.54, 1.807) is 53.2 Å². The summed E-state index contributed by atoms with van der Waals surface area (Å²) in [6.45, 7) is 1.91. The van der Waals surface area contributed by atoms with Crippen LogP contribution < -0.4 is 15.8 Å². The summed E-state index contributed by atoms with van der Waals surface area (Å²) in [5.41, 5.74) is 9.34. The molecule has 4 aromatic rings. The number of nitrogen functional groups attached to an aromatic ring is 1. The fourth-order valence-electron chi connectivity index (χ4n) is 6.35. The molecule has 3 aromatic carbocycles. The number of ether oxygens (including phenoxy) is 1. The van der Waals surface area contributed by atoms with Gasteiger partial charge in [0.1, 0.15) is 18.0 Å². The summed E-state index contributed by atoms with van der Waals surface area (Å²) >= 11 is 1.38. The SMILES string of the molecule is CN(C)CCN(C)C(=O)Oc1ccc(C[C@H]2C(=O)N(Cc3cccc4sc(N)nc34)C[C@H]3N2C(=O)CN3N(C)C(=O)NCc2ccccc2)cc1. The molecule has 15 heteroatoms. The summed E-state index contributed by atoms with van der Waals surface area (Å²) < 4.78 is 6.48. The second kappa shape index (κ2) is 15.3. The number of nitrogens with two attached hydrogens (primary N) is 1. The first-order valence-electron chi connectivity index (χ1n) is 16.7. The normalized spacial score (nSPS) is 17.6. The van der Waals surface area contributed by atoms with Crippen LogP contribution in [0.3, 0.4) is 0 Å². The van der Waals surface area contributed by atoms with Gasteiger partial charge in [0.15, 0.2) is 5.13 Å². The Morgan fingerprint density at radius 2 is 1.71 bits per heavy atom. The number of carbonyl (C=O) groups is 4. The second-order valence-corrected chi connectivity index (χ2v) is 14.1. The first-order valence-corrected chi connectivity index (χ1v) is 17.5. The number of thiazole rings is 1. The number of urea groups is 1. The van der Waals surface area contributed by atoms with Gasteiger partial charge in [-0.05, 0) is 49.0 Å². The zero-order chi connectivity index (χ0) is 36.2. The number of carbonyl (C=O) groups excluding carboxylic acids is 4. The number of hydrogen-bond acceptors (Lipinski definition) is 10. The quantitative estimate of drug-likeness (QED) is 0.239. The number of benzene rings is 3. The standard InChI is InChI=1S/C36H43N9O5S/c1-40(2)17-18-41(3)36(49)50-27-15-13-24(14-16-27)19-28-33(47)43(21-26-11-8-12-29-32(26)39-34(37)51-29)22-30-44(23-31(46)45(28)30)42(4)35(48)38-20-25-9-6-5-7-10-25/h5-16,28,30H,17-23H2,1-4H3,(H2,37,39)(H,38,48)/t28-,30+/m0/s1. The maximum atomic E-state index is 14.3. The topological polar surface area (TPSA) is 148 Å². The van der Waals surface area contributed by atoms with Gasteiger partial charge in [-0.15, -0.1) is 0 Å². The highest BCUT2D eigenvalue weighted by Crippen LogP contribution is 2.32. The van der Waals surface area contributed by atoms with E-state index in [-0.39, 0.29) is 43.9 Å². The van der Waals surface area contributed by atoms with Gasteiger partial charge in [-0.1, -0.05) is 65.9 Å². The summed E-state index contributed by atoms with van der Waals surface area (Å²) in [4.78, 5) is 65.3. The molecule has 0 radical (unpaired) electrons. The molecule has 51 heavy (non-hydrogen) atoms. The molecule has 1 aromatic heterocycles. The van der Waals surface area contributed by atoms with Gasteiger partial charge in [-0.2, -0.15) is 5.01 Å². The Morgan fingerprint density at radius 3 is 2.43 bits per heavy atom. The minimum absolute atomic E-state index is 0.0635. The number of likely N-dealkylation sites (N-methyl/N-ethyl adjacent to an activating group) is 2. The first kappa shape index (κ1) is 35.6. The molecule has 2 atom stereocenters. The van der Waals surface area contributed by atoms with Crippen LogP contribution in [0.5, 0.6) is 5.75 Å². The third-order valence-electron chi connectivity index (χ3n) is 9.16. The molecule has 2 fully saturated rings. The third-order valence-corrected chi connectivity index (χ3v) is 10.0. The fourth-order valence-corrected chi connectivity index (χ4v) is 7.13. The molecule has 0 spiro atoms. The van der Waals surface area contributed by atoms with Crippen molar-refractivity contribution in [3.05, 3.63) is 89.5 Å². The van der Waals surface area contributed by atoms with Crippen molar-refractivity contribution in [2.24, 2.45) is 0 Å². The lowest BCUT2D eigenvalue weighted by molar-refractivity contribution is -0.157. The molecular weight excluding hydrogens is 671 g/mol. The fraction of sp³-hybridized carbons (Fsp3) is 0.361. The summed E-state index contributed by atoms with van der Waals surface area (Å²) in [7, 11) is 7.18. The van der Waals surface area contributed by atoms with Gasteiger partial charge in [0.05, 0.1) is 23.3 Å². The molecule has 0 saturated carbocycles. The summed E-state index contributed by atoms with van der Waals surface area (Å²) in [6.07, 6.45) is -0.840. The average molecular weight is 714 g/mol. The highest BCUT2D eigenvalue weighted by Gasteiger charge is 2.51. The zero-order valence-corrected chi connectivity index (χ0v) is 30.0. The van der Waals surface area contributed by atoms with Crippen molar-refractivity contribution in [2.75, 3.05) is 60.1 Å². The van der Waals surface area contributed by atoms with Crippen LogP contribution in [0.4, 0.5) is 14.7 Å². The lowest BCUT2D eigenvalue weighted by Crippen LogP contribution is -2.65. The van der Waals surface area contributed by atoms with Crippen molar-refractivity contribution in [3.8, 4) is 5.75 Å². The number of para-hydroxylation sites is 1. The Kier molecular flexibility index (Phi) is 10.7. The second-order valence-electron chi connectivity index (χ2n) is 13.0. The first-order chi connectivity index (χ1) is 24.5. The van der Waals surface area contributed by atoms with Crippen LogP contribution in [-0.2, 0) is 29.1 Å². The van der Waals surface area contributed by atoms with E-state index in [0.29, 0.717) is 30.5 Å². The Labute approximate surface area is 300 Å². The Bertz CT molecular complexity index is 1890. The minimum atomic E-state index is -0.840. The van der Waals surface area contributed by atoms with Gasteiger partial charge in [0, 0.05) is 46.7 Å². The van der Waals surface area contributed by atoms with E-state index in [2.05, 4.69) is 10.3 Å². The summed E-state index contributed by atoms with van der Waals surface area (Å²) in [5.74, 6) is -0.0885. The van der Waals surface area contributed by atoms with Crippen molar-refractivity contribution >= 4 is 50.6 Å². The molecule has 268 valence electrons. The van der Waals surface area contributed by atoms with Crippen molar-refractivity contribution in [1.82, 2.24) is 39.9 Å². The van der Waals surface area contributed by atoms with E-state index in [1.807, 2.05) is 67.5 Å². The number of amides is 5. The van der Waals surface area contributed by atoms with Crippen molar-refractivity contribution in [2.45, 2.75) is 31.7 Å². The molecule has 5 amide bonds. The number of piperazine rings is 1. The molecule has 0 aliphatic carbocycles. The van der Waals surface area contributed by atoms with Crippen LogP contribution in [0.25, 0.3) is 10.2 Å². The van der Waals surface area contributed by atoms with E-state index in [9.17, 15) is 19.2 Å². The van der Waals surface area contributed by atoms with Gasteiger partial charge in [0.25, 0.3) is 0 Å². The van der Waals surface area contributed by atoms with Crippen molar-refractivity contribution in [1.29, 1.82) is 0 Å². The summed E-state index contributed by atoms with van der Waals surface area (Å²) in [6, 6.07) is 21.1. The monoisotopic (exact) mass is 713 g/mol. The number of rotatable bonds is 11. The summed E-state index contributed by atoms with van der Waals surface area (Å²) in [5, 5.41) is 6.51. The minimum Gasteiger partial charge on any atom is -0.410 e. The highest BCUT2D eigenvalue weighted by molar-refractivity contribution is 7.22. The molecule has 2 aliphatic heterocycles. The number of hydrogen-bond donors (Lipinski definition) is 2. The Balaban J connectivity index is 1.23. The third kappa shape index (κ3) is 8.06. The molecular formula is C36H43N9O5S. The van der Waals surface area contributed by atoms with Gasteiger partial charge >= 0.3 is 12.1 Å². The van der Waals surface area contributed by atoms with E-state index < -0.39 is 18.3 Å². The number of nitrogens with one attached hydrogen (secondary N) is 1. The molecule has 3 heterocycles. The number of aromatic nitrogens is 1. The molecule has 6 rings (SSSR count). The number of hydrazine groups is 1. The van der Waals surface area contributed by atoms with Crippen LogP contribution in [0.2, 0.25) is 0 Å². The van der Waals surface area contributed by atoms with E-state index in [4.69, 9.17) is 10.5 Å². The maximum absolute atomic E-state index is 14.3. The van der Waals surface area contributed by atoms with Gasteiger partial charge in [-0.25, -0.2) is 14.6 Å². The predicted octanol–water partition coefficient (Wildman–Crippen LogP) is 3.05. The largest absolute Gasteiger partial charge is 0.415 e. The molecule has 0 unspecified atom stereocenters. The Morgan fingerprint density at radius 1 is 0.961 bits per heavy atom. The number of anilines is 1. The van der Waals surface area contributed by atoms with Crippen LogP contribution in [0, 0.1) is 0 Å². The lowest BCUT2D eigenvalue weighted by Gasteiger charge is -2.45. The number of nitrogens with zero attached hydrogens (tertiary/aromatic N) is 7. The van der Waals surface area contributed by atoms with E-state index >= 15 is 0 Å².